The lowest BCUT2D eigenvalue weighted by Crippen LogP contribution is -2.02. The standard InChI is InChI=1S/C27H23NO3/c1-20-14-23(17-29)16-24(15-20)25-12-13-26(30-18-21-8-4-2-5-9-21)28-27(25)31-19-22-10-6-3-7-11-22/h2-17H,18-19H2,1H3. The number of nitrogens with zero attached hydrogens (tertiary/aromatic N) is 1. The van der Waals surface area contributed by atoms with E-state index in [1.54, 1.807) is 0 Å². The summed E-state index contributed by atoms with van der Waals surface area (Å²) in [5, 5.41) is 0. The highest BCUT2D eigenvalue weighted by Gasteiger charge is 2.13. The van der Waals surface area contributed by atoms with Crippen LogP contribution in [-0.4, -0.2) is 11.3 Å². The zero-order valence-electron chi connectivity index (χ0n) is 17.3. The molecule has 0 aliphatic carbocycles. The van der Waals surface area contributed by atoms with Crippen molar-refractivity contribution in [1.82, 2.24) is 4.98 Å². The summed E-state index contributed by atoms with van der Waals surface area (Å²) in [4.78, 5) is 16.0. The van der Waals surface area contributed by atoms with Crippen molar-refractivity contribution < 1.29 is 14.3 Å². The minimum absolute atomic E-state index is 0.384. The first-order valence-corrected chi connectivity index (χ1v) is 10.1. The highest BCUT2D eigenvalue weighted by molar-refractivity contribution is 5.80. The minimum Gasteiger partial charge on any atom is -0.473 e. The monoisotopic (exact) mass is 409 g/mol. The molecule has 4 aromatic rings. The van der Waals surface area contributed by atoms with E-state index in [0.29, 0.717) is 30.5 Å². The van der Waals surface area contributed by atoms with Crippen LogP contribution in [0.2, 0.25) is 0 Å². The Bertz CT molecular complexity index is 1160. The maximum Gasteiger partial charge on any atom is 0.225 e. The molecule has 0 spiro atoms. The first-order valence-electron chi connectivity index (χ1n) is 10.1. The number of ether oxygens (including phenoxy) is 2. The molecule has 0 N–H and O–H groups in total. The van der Waals surface area contributed by atoms with Gasteiger partial charge in [-0.2, -0.15) is 4.98 Å². The Labute approximate surface area is 182 Å². The first kappa shape index (κ1) is 20.4. The van der Waals surface area contributed by atoms with Crippen LogP contribution >= 0.6 is 0 Å². The third-order valence-corrected chi connectivity index (χ3v) is 4.83. The summed E-state index contributed by atoms with van der Waals surface area (Å²) in [6.45, 7) is 2.77. The first-order chi connectivity index (χ1) is 15.2. The van der Waals surface area contributed by atoms with Crippen LogP contribution in [0.3, 0.4) is 0 Å². The SMILES string of the molecule is Cc1cc(C=O)cc(-c2ccc(OCc3ccccc3)nc2OCc2ccccc2)c1. The molecule has 4 rings (SSSR count). The molecule has 0 amide bonds. The van der Waals surface area contributed by atoms with Crippen LogP contribution in [0.25, 0.3) is 11.1 Å². The minimum atomic E-state index is 0.384. The van der Waals surface area contributed by atoms with Crippen molar-refractivity contribution in [3.8, 4) is 22.9 Å². The fraction of sp³-hybridized carbons (Fsp3) is 0.111. The van der Waals surface area contributed by atoms with Gasteiger partial charge in [-0.3, -0.25) is 4.79 Å². The van der Waals surface area contributed by atoms with Crippen LogP contribution in [0, 0.1) is 6.92 Å². The number of benzene rings is 3. The maximum absolute atomic E-state index is 11.3. The molecular weight excluding hydrogens is 386 g/mol. The van der Waals surface area contributed by atoms with Crippen LogP contribution in [-0.2, 0) is 13.2 Å². The van der Waals surface area contributed by atoms with E-state index in [4.69, 9.17) is 9.47 Å². The number of rotatable bonds is 8. The number of pyridine rings is 1. The van der Waals surface area contributed by atoms with Crippen LogP contribution in [0.5, 0.6) is 11.8 Å². The molecule has 0 radical (unpaired) electrons. The van der Waals surface area contributed by atoms with E-state index in [9.17, 15) is 4.79 Å². The zero-order valence-corrected chi connectivity index (χ0v) is 17.3. The molecule has 4 heteroatoms. The normalized spacial score (nSPS) is 10.5. The van der Waals surface area contributed by atoms with E-state index < -0.39 is 0 Å². The average Bonchev–Trinajstić information content (AvgIpc) is 2.82. The maximum atomic E-state index is 11.3. The summed E-state index contributed by atoms with van der Waals surface area (Å²) >= 11 is 0. The van der Waals surface area contributed by atoms with E-state index in [2.05, 4.69) is 4.98 Å². The Hall–Kier alpha value is -3.92. The summed E-state index contributed by atoms with van der Waals surface area (Å²) in [7, 11) is 0. The zero-order chi connectivity index (χ0) is 21.5. The van der Waals surface area contributed by atoms with Gasteiger partial charge >= 0.3 is 0 Å². The van der Waals surface area contributed by atoms with Crippen molar-refractivity contribution in [3.05, 3.63) is 113 Å². The Balaban J connectivity index is 1.64. The van der Waals surface area contributed by atoms with Gasteiger partial charge in [-0.05, 0) is 47.4 Å². The van der Waals surface area contributed by atoms with Crippen LogP contribution in [0.4, 0.5) is 0 Å². The van der Waals surface area contributed by atoms with Gasteiger partial charge in [-0.15, -0.1) is 0 Å². The smallest absolute Gasteiger partial charge is 0.225 e. The van der Waals surface area contributed by atoms with Gasteiger partial charge < -0.3 is 9.47 Å². The van der Waals surface area contributed by atoms with E-state index in [-0.39, 0.29) is 0 Å². The molecule has 154 valence electrons. The van der Waals surface area contributed by atoms with Gasteiger partial charge in [0.05, 0.1) is 0 Å². The number of aromatic nitrogens is 1. The molecule has 1 aromatic heterocycles. The number of aldehydes is 1. The Kier molecular flexibility index (Phi) is 6.38. The lowest BCUT2D eigenvalue weighted by Gasteiger charge is -2.14. The number of carbonyl (C=O) groups is 1. The second-order valence-corrected chi connectivity index (χ2v) is 7.30. The van der Waals surface area contributed by atoms with Crippen molar-refractivity contribution in [3.63, 3.8) is 0 Å². The fourth-order valence-corrected chi connectivity index (χ4v) is 3.33. The summed E-state index contributed by atoms with van der Waals surface area (Å²) in [6, 6.07) is 29.4. The third kappa shape index (κ3) is 5.37. The van der Waals surface area contributed by atoms with Gasteiger partial charge in [0.2, 0.25) is 11.8 Å². The number of hydrogen-bond donors (Lipinski definition) is 0. The van der Waals surface area contributed by atoms with E-state index in [1.165, 1.54) is 0 Å². The van der Waals surface area contributed by atoms with Gasteiger partial charge in [0, 0.05) is 17.2 Å². The highest BCUT2D eigenvalue weighted by atomic mass is 16.5. The van der Waals surface area contributed by atoms with Crippen LogP contribution < -0.4 is 9.47 Å². The summed E-state index contributed by atoms with van der Waals surface area (Å²) in [6.07, 6.45) is 0.853. The van der Waals surface area contributed by atoms with Crippen molar-refractivity contribution in [2.45, 2.75) is 20.1 Å². The van der Waals surface area contributed by atoms with Crippen LogP contribution in [0.15, 0.2) is 91.0 Å². The molecule has 0 atom stereocenters. The second-order valence-electron chi connectivity index (χ2n) is 7.30. The number of hydrogen-bond acceptors (Lipinski definition) is 4. The van der Waals surface area contributed by atoms with Crippen molar-refractivity contribution in [2.75, 3.05) is 0 Å². The molecule has 0 saturated carbocycles. The van der Waals surface area contributed by atoms with E-state index >= 15 is 0 Å². The highest BCUT2D eigenvalue weighted by Crippen LogP contribution is 2.32. The Morgan fingerprint density at radius 2 is 1.42 bits per heavy atom. The third-order valence-electron chi connectivity index (χ3n) is 4.83. The van der Waals surface area contributed by atoms with Crippen LogP contribution in [0.1, 0.15) is 27.0 Å². The van der Waals surface area contributed by atoms with Crippen molar-refractivity contribution >= 4 is 6.29 Å². The molecule has 3 aromatic carbocycles. The van der Waals surface area contributed by atoms with Gasteiger partial charge in [-0.1, -0.05) is 66.7 Å². The predicted molar refractivity (Wildman–Crippen MR) is 121 cm³/mol. The van der Waals surface area contributed by atoms with E-state index in [1.807, 2.05) is 97.9 Å². The molecule has 0 aliphatic heterocycles. The number of carbonyl (C=O) groups excluding carboxylic acids is 1. The Morgan fingerprint density at radius 3 is 2.06 bits per heavy atom. The molecule has 0 bridgehead atoms. The van der Waals surface area contributed by atoms with E-state index in [0.717, 1.165) is 34.1 Å². The van der Waals surface area contributed by atoms with Gasteiger partial charge in [0.1, 0.15) is 19.5 Å². The summed E-state index contributed by atoms with van der Waals surface area (Å²) in [5.41, 5.74) is 5.42. The fourth-order valence-electron chi connectivity index (χ4n) is 3.33. The number of aryl methyl sites for hydroxylation is 1. The van der Waals surface area contributed by atoms with Gasteiger partial charge in [0.25, 0.3) is 0 Å². The predicted octanol–water partition coefficient (Wildman–Crippen LogP) is 6.03. The van der Waals surface area contributed by atoms with Crippen molar-refractivity contribution in [2.24, 2.45) is 0 Å². The molecule has 0 aliphatic rings. The molecule has 0 saturated heterocycles. The molecule has 31 heavy (non-hydrogen) atoms. The molecule has 0 fully saturated rings. The largest absolute Gasteiger partial charge is 0.473 e. The lowest BCUT2D eigenvalue weighted by molar-refractivity contribution is 0.112. The summed E-state index contributed by atoms with van der Waals surface area (Å²) in [5.74, 6) is 0.954. The Morgan fingerprint density at radius 1 is 0.774 bits per heavy atom. The average molecular weight is 409 g/mol. The topological polar surface area (TPSA) is 48.4 Å². The second kappa shape index (κ2) is 9.72. The molecule has 1 heterocycles. The van der Waals surface area contributed by atoms with Gasteiger partial charge in [0.15, 0.2) is 0 Å². The van der Waals surface area contributed by atoms with Gasteiger partial charge in [-0.25, -0.2) is 0 Å². The lowest BCUT2D eigenvalue weighted by atomic mass is 10.0. The molecule has 0 unspecified atom stereocenters. The molecular formula is C27H23NO3. The van der Waals surface area contributed by atoms with Crippen molar-refractivity contribution in [1.29, 1.82) is 0 Å². The quantitative estimate of drug-likeness (QED) is 0.334. The summed E-state index contributed by atoms with van der Waals surface area (Å²) < 4.78 is 12.0. The molecule has 4 nitrogen and oxygen atoms in total.